The van der Waals surface area contributed by atoms with Crippen LogP contribution in [0, 0.1) is 0 Å². The van der Waals surface area contributed by atoms with Gasteiger partial charge in [-0.05, 0) is 19.3 Å². The SMILES string of the molecule is O=C(O)CCN1CCN(C(=O)N2CCCCC2CO)CC1. The number of aliphatic hydroxyl groups is 1. The molecule has 1 atom stereocenters. The second-order valence-electron chi connectivity index (χ2n) is 5.78. The van der Waals surface area contributed by atoms with Gasteiger partial charge >= 0.3 is 12.0 Å². The van der Waals surface area contributed by atoms with Gasteiger partial charge in [0.1, 0.15) is 0 Å². The molecule has 2 heterocycles. The molecular weight excluding hydrogens is 274 g/mol. The molecule has 0 radical (unpaired) electrons. The molecule has 2 fully saturated rings. The van der Waals surface area contributed by atoms with Gasteiger partial charge in [0.05, 0.1) is 19.1 Å². The number of amides is 2. The smallest absolute Gasteiger partial charge is 0.320 e. The summed E-state index contributed by atoms with van der Waals surface area (Å²) in [6, 6.07) is -0.0251. The van der Waals surface area contributed by atoms with Gasteiger partial charge in [0.15, 0.2) is 0 Å². The Morgan fingerprint density at radius 3 is 2.38 bits per heavy atom. The molecule has 0 aromatic rings. The molecule has 7 nitrogen and oxygen atoms in total. The molecule has 0 aliphatic carbocycles. The van der Waals surface area contributed by atoms with E-state index in [-0.39, 0.29) is 25.1 Å². The lowest BCUT2D eigenvalue weighted by atomic mass is 10.0. The predicted molar refractivity (Wildman–Crippen MR) is 77.1 cm³/mol. The van der Waals surface area contributed by atoms with Crippen molar-refractivity contribution in [1.82, 2.24) is 14.7 Å². The summed E-state index contributed by atoms with van der Waals surface area (Å²) in [5.74, 6) is -0.785. The van der Waals surface area contributed by atoms with Crippen LogP contribution in [0.5, 0.6) is 0 Å². The third kappa shape index (κ3) is 4.31. The zero-order valence-electron chi connectivity index (χ0n) is 12.4. The number of carboxylic acids is 1. The van der Waals surface area contributed by atoms with Crippen LogP contribution in [0.25, 0.3) is 0 Å². The van der Waals surface area contributed by atoms with E-state index in [1.54, 1.807) is 4.90 Å². The highest BCUT2D eigenvalue weighted by molar-refractivity contribution is 5.75. The molecule has 21 heavy (non-hydrogen) atoms. The van der Waals surface area contributed by atoms with E-state index in [4.69, 9.17) is 5.11 Å². The van der Waals surface area contributed by atoms with Gasteiger partial charge in [-0.2, -0.15) is 0 Å². The second kappa shape index (κ2) is 7.61. The molecule has 0 aromatic carbocycles. The summed E-state index contributed by atoms with van der Waals surface area (Å²) < 4.78 is 0. The highest BCUT2D eigenvalue weighted by Gasteiger charge is 2.31. The predicted octanol–water partition coefficient (Wildman–Crippen LogP) is 0.0455. The Hall–Kier alpha value is -1.34. The number of carbonyl (C=O) groups excluding carboxylic acids is 1. The molecule has 1 unspecified atom stereocenters. The van der Waals surface area contributed by atoms with Gasteiger partial charge in [-0.3, -0.25) is 9.69 Å². The fraction of sp³-hybridized carbons (Fsp3) is 0.857. The van der Waals surface area contributed by atoms with Gasteiger partial charge in [0, 0.05) is 39.3 Å². The van der Waals surface area contributed by atoms with Gasteiger partial charge in [-0.25, -0.2) is 4.79 Å². The lowest BCUT2D eigenvalue weighted by Gasteiger charge is -2.41. The number of nitrogens with zero attached hydrogens (tertiary/aromatic N) is 3. The number of aliphatic carboxylic acids is 1. The Morgan fingerprint density at radius 2 is 1.76 bits per heavy atom. The van der Waals surface area contributed by atoms with Crippen LogP contribution >= 0.6 is 0 Å². The van der Waals surface area contributed by atoms with Crippen molar-refractivity contribution < 1.29 is 19.8 Å². The first-order valence-electron chi connectivity index (χ1n) is 7.72. The van der Waals surface area contributed by atoms with E-state index in [0.29, 0.717) is 19.6 Å². The Bertz CT molecular complexity index is 369. The van der Waals surface area contributed by atoms with E-state index in [1.165, 1.54) is 0 Å². The third-order valence-electron chi connectivity index (χ3n) is 4.37. The standard InChI is InChI=1S/C14H25N3O4/c18-11-12-3-1-2-5-17(12)14(21)16-9-7-15(8-10-16)6-4-13(19)20/h12,18H,1-11H2,(H,19,20). The molecule has 2 rings (SSSR count). The highest BCUT2D eigenvalue weighted by Crippen LogP contribution is 2.19. The van der Waals surface area contributed by atoms with E-state index in [0.717, 1.165) is 38.9 Å². The first-order valence-corrected chi connectivity index (χ1v) is 7.72. The van der Waals surface area contributed by atoms with E-state index >= 15 is 0 Å². The zero-order valence-corrected chi connectivity index (χ0v) is 12.4. The number of urea groups is 1. The van der Waals surface area contributed by atoms with Crippen LogP contribution in [0.15, 0.2) is 0 Å². The van der Waals surface area contributed by atoms with Crippen molar-refractivity contribution in [1.29, 1.82) is 0 Å². The number of likely N-dealkylation sites (tertiary alicyclic amines) is 1. The number of aliphatic hydroxyl groups excluding tert-OH is 1. The van der Waals surface area contributed by atoms with E-state index < -0.39 is 5.97 Å². The molecule has 2 saturated heterocycles. The monoisotopic (exact) mass is 299 g/mol. The fourth-order valence-electron chi connectivity index (χ4n) is 3.04. The lowest BCUT2D eigenvalue weighted by molar-refractivity contribution is -0.137. The van der Waals surface area contributed by atoms with E-state index in [2.05, 4.69) is 4.90 Å². The maximum absolute atomic E-state index is 12.5. The first kappa shape index (κ1) is 16.0. The Kier molecular flexibility index (Phi) is 5.81. The molecule has 2 aliphatic heterocycles. The number of carboxylic acid groups (broad SMARTS) is 1. The quantitative estimate of drug-likeness (QED) is 0.766. The van der Waals surface area contributed by atoms with Gasteiger partial charge in [-0.15, -0.1) is 0 Å². The van der Waals surface area contributed by atoms with E-state index in [9.17, 15) is 14.7 Å². The minimum atomic E-state index is -0.785. The topological polar surface area (TPSA) is 84.3 Å². The van der Waals surface area contributed by atoms with Crippen molar-refractivity contribution >= 4 is 12.0 Å². The molecule has 0 bridgehead atoms. The molecule has 0 aromatic heterocycles. The van der Waals surface area contributed by atoms with Crippen molar-refractivity contribution in [3.63, 3.8) is 0 Å². The van der Waals surface area contributed by atoms with Crippen LogP contribution in [-0.2, 0) is 4.79 Å². The van der Waals surface area contributed by atoms with Crippen molar-refractivity contribution in [2.75, 3.05) is 45.9 Å². The van der Waals surface area contributed by atoms with Crippen LogP contribution < -0.4 is 0 Å². The molecule has 120 valence electrons. The number of hydrogen-bond donors (Lipinski definition) is 2. The second-order valence-corrected chi connectivity index (χ2v) is 5.78. The summed E-state index contributed by atoms with van der Waals surface area (Å²) in [5, 5.41) is 18.1. The minimum absolute atomic E-state index is 0.0200. The number of carbonyl (C=O) groups is 2. The molecule has 7 heteroatoms. The van der Waals surface area contributed by atoms with Gasteiger partial charge < -0.3 is 20.0 Å². The number of rotatable bonds is 4. The van der Waals surface area contributed by atoms with Crippen LogP contribution in [0.4, 0.5) is 4.79 Å². The Balaban J connectivity index is 1.80. The van der Waals surface area contributed by atoms with Crippen LogP contribution in [0.2, 0.25) is 0 Å². The van der Waals surface area contributed by atoms with E-state index in [1.807, 2.05) is 4.90 Å². The van der Waals surface area contributed by atoms with Gasteiger partial charge in [0.2, 0.25) is 0 Å². The lowest BCUT2D eigenvalue weighted by Crippen LogP contribution is -2.56. The van der Waals surface area contributed by atoms with Gasteiger partial charge in [-0.1, -0.05) is 0 Å². The summed E-state index contributed by atoms with van der Waals surface area (Å²) in [7, 11) is 0. The summed E-state index contributed by atoms with van der Waals surface area (Å²) >= 11 is 0. The highest BCUT2D eigenvalue weighted by atomic mass is 16.4. The minimum Gasteiger partial charge on any atom is -0.481 e. The normalized spacial score (nSPS) is 24.1. The van der Waals surface area contributed by atoms with Crippen molar-refractivity contribution in [2.45, 2.75) is 31.7 Å². The van der Waals surface area contributed by atoms with Crippen molar-refractivity contribution in [3.8, 4) is 0 Å². The molecule has 0 saturated carbocycles. The Morgan fingerprint density at radius 1 is 1.05 bits per heavy atom. The summed E-state index contributed by atoms with van der Waals surface area (Å²) in [5.41, 5.74) is 0. The van der Waals surface area contributed by atoms with Crippen LogP contribution in [0.3, 0.4) is 0 Å². The molecular formula is C14H25N3O4. The average molecular weight is 299 g/mol. The number of hydrogen-bond acceptors (Lipinski definition) is 4. The first-order chi connectivity index (χ1) is 10.1. The van der Waals surface area contributed by atoms with Crippen LogP contribution in [-0.4, -0.2) is 88.8 Å². The fourth-order valence-corrected chi connectivity index (χ4v) is 3.04. The summed E-state index contributed by atoms with van der Waals surface area (Å²) in [4.78, 5) is 28.8. The summed E-state index contributed by atoms with van der Waals surface area (Å²) in [6.07, 6.45) is 3.09. The van der Waals surface area contributed by atoms with Crippen molar-refractivity contribution in [3.05, 3.63) is 0 Å². The largest absolute Gasteiger partial charge is 0.481 e. The van der Waals surface area contributed by atoms with Crippen molar-refractivity contribution in [2.24, 2.45) is 0 Å². The summed E-state index contributed by atoms with van der Waals surface area (Å²) in [6.45, 7) is 4.00. The average Bonchev–Trinajstić information content (AvgIpc) is 2.52. The number of piperidine rings is 1. The van der Waals surface area contributed by atoms with Crippen LogP contribution in [0.1, 0.15) is 25.7 Å². The molecule has 0 spiro atoms. The Labute approximate surface area is 125 Å². The maximum atomic E-state index is 12.5. The maximum Gasteiger partial charge on any atom is 0.320 e. The molecule has 2 N–H and O–H groups in total. The number of piperazine rings is 1. The molecule has 2 amide bonds. The third-order valence-corrected chi connectivity index (χ3v) is 4.37. The van der Waals surface area contributed by atoms with Gasteiger partial charge in [0.25, 0.3) is 0 Å². The molecule has 2 aliphatic rings. The zero-order chi connectivity index (χ0) is 15.2.